The third kappa shape index (κ3) is 1.76. The minimum Gasteiger partial charge on any atom is -0.306 e. The molecule has 1 unspecified atom stereocenters. The molecule has 0 saturated carbocycles. The van der Waals surface area contributed by atoms with Crippen molar-refractivity contribution in [3.8, 4) is 0 Å². The van der Waals surface area contributed by atoms with E-state index in [-0.39, 0.29) is 0 Å². The largest absolute Gasteiger partial charge is 0.306 e. The van der Waals surface area contributed by atoms with Crippen molar-refractivity contribution in [2.75, 3.05) is 20.1 Å². The smallest absolute Gasteiger partial charge is 0.000918 e. The van der Waals surface area contributed by atoms with Crippen LogP contribution in [0, 0.1) is 11.3 Å². The molecule has 0 aromatic carbocycles. The average Bonchev–Trinajstić information content (AvgIpc) is 1.98. The summed E-state index contributed by atoms with van der Waals surface area (Å²) in [6.07, 6.45) is 2.71. The zero-order valence-corrected chi connectivity index (χ0v) is 8.35. The van der Waals surface area contributed by atoms with Crippen LogP contribution in [0.1, 0.15) is 33.6 Å². The predicted octanol–water partition coefficient (Wildman–Crippen LogP) is 2.37. The molecule has 0 bridgehead atoms. The first kappa shape index (κ1) is 9.05. The molecule has 0 aromatic rings. The van der Waals surface area contributed by atoms with E-state index in [1.807, 2.05) is 0 Å². The maximum Gasteiger partial charge on any atom is 0.000918 e. The molecule has 66 valence electrons. The maximum absolute atomic E-state index is 2.45. The van der Waals surface area contributed by atoms with Crippen LogP contribution < -0.4 is 0 Å². The molecule has 1 fully saturated rings. The Hall–Kier alpha value is -0.0400. The first-order valence-electron chi connectivity index (χ1n) is 4.77. The number of hydrogen-bond donors (Lipinski definition) is 0. The van der Waals surface area contributed by atoms with Gasteiger partial charge < -0.3 is 4.90 Å². The van der Waals surface area contributed by atoms with Gasteiger partial charge in [-0.15, -0.1) is 0 Å². The highest BCUT2D eigenvalue weighted by Gasteiger charge is 2.33. The van der Waals surface area contributed by atoms with Crippen LogP contribution in [0.2, 0.25) is 0 Å². The van der Waals surface area contributed by atoms with E-state index in [9.17, 15) is 0 Å². The van der Waals surface area contributed by atoms with Crippen LogP contribution >= 0.6 is 0 Å². The van der Waals surface area contributed by atoms with Crippen LogP contribution in [0.4, 0.5) is 0 Å². The van der Waals surface area contributed by atoms with Gasteiger partial charge in [-0.25, -0.2) is 0 Å². The standard InChI is InChI=1S/C10H21N/c1-5-10(3)6-7-11(4)8-9(10)2/h9H,5-8H2,1-4H3/t9-,10?/m1/s1. The molecule has 11 heavy (non-hydrogen) atoms. The van der Waals surface area contributed by atoms with E-state index in [0.717, 1.165) is 5.92 Å². The van der Waals surface area contributed by atoms with Crippen molar-refractivity contribution in [1.82, 2.24) is 4.90 Å². The van der Waals surface area contributed by atoms with Gasteiger partial charge in [-0.3, -0.25) is 0 Å². The lowest BCUT2D eigenvalue weighted by atomic mass is 9.71. The van der Waals surface area contributed by atoms with Gasteiger partial charge in [-0.1, -0.05) is 27.2 Å². The van der Waals surface area contributed by atoms with Crippen molar-refractivity contribution in [3.05, 3.63) is 0 Å². The Morgan fingerprint density at radius 3 is 2.64 bits per heavy atom. The van der Waals surface area contributed by atoms with E-state index in [0.29, 0.717) is 5.41 Å². The molecule has 0 spiro atoms. The summed E-state index contributed by atoms with van der Waals surface area (Å²) in [4.78, 5) is 2.45. The maximum atomic E-state index is 2.45. The average molecular weight is 155 g/mol. The van der Waals surface area contributed by atoms with E-state index in [1.54, 1.807) is 0 Å². The summed E-state index contributed by atoms with van der Waals surface area (Å²) in [5.74, 6) is 0.867. The van der Waals surface area contributed by atoms with Crippen molar-refractivity contribution in [2.45, 2.75) is 33.6 Å². The number of piperidine rings is 1. The van der Waals surface area contributed by atoms with Crippen LogP contribution in [0.3, 0.4) is 0 Å². The number of hydrogen-bond acceptors (Lipinski definition) is 1. The molecule has 1 rings (SSSR count). The van der Waals surface area contributed by atoms with E-state index < -0.39 is 0 Å². The highest BCUT2D eigenvalue weighted by molar-refractivity contribution is 4.85. The first-order valence-corrected chi connectivity index (χ1v) is 4.77. The van der Waals surface area contributed by atoms with Gasteiger partial charge in [0.2, 0.25) is 0 Å². The second-order valence-electron chi connectivity index (χ2n) is 4.42. The van der Waals surface area contributed by atoms with Gasteiger partial charge in [0.05, 0.1) is 0 Å². The van der Waals surface area contributed by atoms with E-state index in [4.69, 9.17) is 0 Å². The molecule has 1 nitrogen and oxygen atoms in total. The summed E-state index contributed by atoms with van der Waals surface area (Å²) in [6, 6.07) is 0. The van der Waals surface area contributed by atoms with Crippen LogP contribution in [-0.4, -0.2) is 25.0 Å². The first-order chi connectivity index (χ1) is 5.08. The Balaban J connectivity index is 2.56. The van der Waals surface area contributed by atoms with Gasteiger partial charge in [0, 0.05) is 6.54 Å². The predicted molar refractivity (Wildman–Crippen MR) is 49.7 cm³/mol. The molecule has 0 radical (unpaired) electrons. The molecule has 1 heterocycles. The summed E-state index contributed by atoms with van der Waals surface area (Å²) in [6.45, 7) is 9.71. The van der Waals surface area contributed by atoms with Gasteiger partial charge in [-0.05, 0) is 31.3 Å². The summed E-state index contributed by atoms with van der Waals surface area (Å²) in [5, 5.41) is 0. The van der Waals surface area contributed by atoms with Gasteiger partial charge in [0.15, 0.2) is 0 Å². The second kappa shape index (κ2) is 3.14. The second-order valence-corrected chi connectivity index (χ2v) is 4.42. The highest BCUT2D eigenvalue weighted by atomic mass is 15.1. The molecular weight excluding hydrogens is 134 g/mol. The lowest BCUT2D eigenvalue weighted by Gasteiger charge is -2.43. The quantitative estimate of drug-likeness (QED) is 0.562. The van der Waals surface area contributed by atoms with E-state index in [1.165, 1.54) is 25.9 Å². The molecule has 1 saturated heterocycles. The monoisotopic (exact) mass is 155 g/mol. The molecule has 0 N–H and O–H groups in total. The van der Waals surface area contributed by atoms with Gasteiger partial charge in [0.25, 0.3) is 0 Å². The molecule has 2 atom stereocenters. The van der Waals surface area contributed by atoms with Gasteiger partial charge in [-0.2, -0.15) is 0 Å². The van der Waals surface area contributed by atoms with Crippen molar-refractivity contribution in [1.29, 1.82) is 0 Å². The van der Waals surface area contributed by atoms with E-state index >= 15 is 0 Å². The molecular formula is C10H21N. The fourth-order valence-corrected chi connectivity index (χ4v) is 2.00. The normalized spacial score (nSPS) is 40.9. The van der Waals surface area contributed by atoms with Crippen molar-refractivity contribution < 1.29 is 0 Å². The lowest BCUT2D eigenvalue weighted by Crippen LogP contribution is -2.42. The Labute approximate surface area is 70.8 Å². The Kier molecular flexibility index (Phi) is 2.58. The zero-order chi connectivity index (χ0) is 8.48. The van der Waals surface area contributed by atoms with Crippen molar-refractivity contribution >= 4 is 0 Å². The summed E-state index contributed by atoms with van der Waals surface area (Å²) in [7, 11) is 2.23. The summed E-state index contributed by atoms with van der Waals surface area (Å²) < 4.78 is 0. The molecule has 1 heteroatoms. The summed E-state index contributed by atoms with van der Waals surface area (Å²) >= 11 is 0. The topological polar surface area (TPSA) is 3.24 Å². The molecule has 0 aromatic heterocycles. The van der Waals surface area contributed by atoms with Crippen LogP contribution in [0.15, 0.2) is 0 Å². The zero-order valence-electron chi connectivity index (χ0n) is 8.35. The molecule has 0 amide bonds. The fourth-order valence-electron chi connectivity index (χ4n) is 2.00. The number of likely N-dealkylation sites (tertiary alicyclic amines) is 1. The van der Waals surface area contributed by atoms with Gasteiger partial charge >= 0.3 is 0 Å². The third-order valence-corrected chi connectivity index (χ3v) is 3.65. The SMILES string of the molecule is CCC1(C)CCN(C)C[C@H]1C. The Bertz CT molecular complexity index is 133. The van der Waals surface area contributed by atoms with Crippen molar-refractivity contribution in [2.24, 2.45) is 11.3 Å². The Morgan fingerprint density at radius 2 is 2.18 bits per heavy atom. The third-order valence-electron chi connectivity index (χ3n) is 3.65. The minimum absolute atomic E-state index is 0.618. The van der Waals surface area contributed by atoms with Gasteiger partial charge in [0.1, 0.15) is 0 Å². The van der Waals surface area contributed by atoms with Crippen LogP contribution in [0.25, 0.3) is 0 Å². The minimum atomic E-state index is 0.618. The van der Waals surface area contributed by atoms with Crippen molar-refractivity contribution in [3.63, 3.8) is 0 Å². The molecule has 1 aliphatic heterocycles. The number of rotatable bonds is 1. The Morgan fingerprint density at radius 1 is 1.55 bits per heavy atom. The summed E-state index contributed by atoms with van der Waals surface area (Å²) in [5.41, 5.74) is 0.618. The molecule has 0 aliphatic carbocycles. The highest BCUT2D eigenvalue weighted by Crippen LogP contribution is 2.38. The number of nitrogens with zero attached hydrogens (tertiary/aromatic N) is 1. The lowest BCUT2D eigenvalue weighted by molar-refractivity contribution is 0.0685. The molecule has 1 aliphatic rings. The fraction of sp³-hybridized carbons (Fsp3) is 1.00. The van der Waals surface area contributed by atoms with Crippen LogP contribution in [-0.2, 0) is 0 Å². The van der Waals surface area contributed by atoms with E-state index in [2.05, 4.69) is 32.7 Å². The van der Waals surface area contributed by atoms with Crippen LogP contribution in [0.5, 0.6) is 0 Å².